The molecule has 1 aromatic rings. The molecule has 3 heteroatoms. The van der Waals surface area contributed by atoms with Crippen LogP contribution in [0.1, 0.15) is 94.7 Å². The molecule has 31 heavy (non-hydrogen) atoms. The molecule has 2 saturated carbocycles. The van der Waals surface area contributed by atoms with Gasteiger partial charge < -0.3 is 4.74 Å². The molecule has 5 aliphatic rings. The van der Waals surface area contributed by atoms with E-state index < -0.39 is 0 Å². The minimum atomic E-state index is -0.129. The standard InChI is InChI=1S/C28H37NO2/c1-17(30)31-21-10-12-27(2)20(16-21)8-9-22-23(27)11-13-28(3)24(22)15-19-14-18-6-4-5-7-25(18)29-26(19)28/h8,14,21-24H,4-7,9-13,15-16H2,1-3H3/t21-,22+,23-,24-,27-,28-/m0/s1. The van der Waals surface area contributed by atoms with Gasteiger partial charge in [-0.05, 0) is 98.5 Å². The Balaban J connectivity index is 1.31. The SMILES string of the molecule is CC(=O)O[C@H]1CC[C@@]2(C)C(=CC[C@@H]3[C@@H]2CC[C@]2(C)c4nc5c(cc4C[C@@H]32)CCCC5)C1. The Morgan fingerprint density at radius 1 is 1.03 bits per heavy atom. The number of pyridine rings is 1. The van der Waals surface area contributed by atoms with Crippen LogP contribution in [0.4, 0.5) is 0 Å². The number of hydrogen-bond donors (Lipinski definition) is 0. The molecule has 0 bridgehead atoms. The van der Waals surface area contributed by atoms with Crippen molar-refractivity contribution in [3.05, 3.63) is 40.2 Å². The van der Waals surface area contributed by atoms with E-state index in [2.05, 4.69) is 26.0 Å². The van der Waals surface area contributed by atoms with Crippen molar-refractivity contribution < 1.29 is 9.53 Å². The Morgan fingerprint density at radius 2 is 1.84 bits per heavy atom. The molecule has 2 fully saturated rings. The number of ether oxygens (including phenoxy) is 1. The summed E-state index contributed by atoms with van der Waals surface area (Å²) in [6.45, 7) is 6.62. The summed E-state index contributed by atoms with van der Waals surface area (Å²) in [7, 11) is 0. The fraction of sp³-hybridized carbons (Fsp3) is 0.714. The summed E-state index contributed by atoms with van der Waals surface area (Å²) < 4.78 is 5.61. The first-order chi connectivity index (χ1) is 14.9. The monoisotopic (exact) mass is 419 g/mol. The van der Waals surface area contributed by atoms with E-state index >= 15 is 0 Å². The summed E-state index contributed by atoms with van der Waals surface area (Å²) in [5.74, 6) is 2.14. The van der Waals surface area contributed by atoms with E-state index in [0.29, 0.717) is 5.41 Å². The van der Waals surface area contributed by atoms with E-state index in [1.165, 1.54) is 69.2 Å². The van der Waals surface area contributed by atoms with Crippen LogP contribution < -0.4 is 0 Å². The Hall–Kier alpha value is -1.64. The highest BCUT2D eigenvalue weighted by Gasteiger charge is 2.58. The molecule has 6 atom stereocenters. The number of fused-ring (bicyclic) bond motifs is 8. The maximum atomic E-state index is 11.5. The van der Waals surface area contributed by atoms with Gasteiger partial charge in [-0.15, -0.1) is 0 Å². The first kappa shape index (κ1) is 20.0. The third kappa shape index (κ3) is 2.91. The zero-order valence-corrected chi connectivity index (χ0v) is 19.5. The van der Waals surface area contributed by atoms with Crippen LogP contribution in [-0.2, 0) is 34.2 Å². The van der Waals surface area contributed by atoms with Crippen molar-refractivity contribution in [2.75, 3.05) is 0 Å². The van der Waals surface area contributed by atoms with Crippen LogP contribution in [0, 0.1) is 23.2 Å². The largest absolute Gasteiger partial charge is 0.462 e. The highest BCUT2D eigenvalue weighted by Crippen LogP contribution is 2.64. The lowest BCUT2D eigenvalue weighted by Crippen LogP contribution is -2.51. The van der Waals surface area contributed by atoms with Gasteiger partial charge in [0.15, 0.2) is 0 Å². The molecule has 1 aromatic heterocycles. The summed E-state index contributed by atoms with van der Waals surface area (Å²) in [6.07, 6.45) is 15.9. The molecule has 166 valence electrons. The van der Waals surface area contributed by atoms with Crippen LogP contribution in [0.3, 0.4) is 0 Å². The summed E-state index contributed by atoms with van der Waals surface area (Å²) in [5, 5.41) is 0. The molecule has 1 heterocycles. The minimum absolute atomic E-state index is 0.0912. The highest BCUT2D eigenvalue weighted by atomic mass is 16.5. The summed E-state index contributed by atoms with van der Waals surface area (Å²) in [5.41, 5.74) is 8.14. The molecule has 0 N–H and O–H groups in total. The van der Waals surface area contributed by atoms with Gasteiger partial charge in [-0.2, -0.15) is 0 Å². The number of aromatic nitrogens is 1. The van der Waals surface area contributed by atoms with E-state index in [0.717, 1.165) is 30.6 Å². The van der Waals surface area contributed by atoms with E-state index in [4.69, 9.17) is 9.72 Å². The number of carbonyl (C=O) groups excluding carboxylic acids is 1. The van der Waals surface area contributed by atoms with Crippen molar-refractivity contribution in [1.29, 1.82) is 0 Å². The van der Waals surface area contributed by atoms with Crippen LogP contribution >= 0.6 is 0 Å². The van der Waals surface area contributed by atoms with Crippen molar-refractivity contribution >= 4 is 5.97 Å². The lowest BCUT2D eigenvalue weighted by Gasteiger charge is -2.57. The van der Waals surface area contributed by atoms with E-state index in [1.54, 1.807) is 23.6 Å². The summed E-state index contributed by atoms with van der Waals surface area (Å²) in [4.78, 5) is 16.9. The molecule has 0 amide bonds. The van der Waals surface area contributed by atoms with Gasteiger partial charge in [-0.1, -0.05) is 31.6 Å². The third-order valence-corrected chi connectivity index (χ3v) is 10.1. The first-order valence-electron chi connectivity index (χ1n) is 12.8. The smallest absolute Gasteiger partial charge is 0.302 e. The summed E-state index contributed by atoms with van der Waals surface area (Å²) >= 11 is 0. The van der Waals surface area contributed by atoms with Gasteiger partial charge in [0.05, 0.1) is 5.69 Å². The number of carbonyl (C=O) groups is 1. The zero-order valence-electron chi connectivity index (χ0n) is 19.5. The number of aryl methyl sites for hydroxylation is 2. The third-order valence-electron chi connectivity index (χ3n) is 10.1. The van der Waals surface area contributed by atoms with Crippen molar-refractivity contribution in [2.24, 2.45) is 23.2 Å². The lowest BCUT2D eigenvalue weighted by molar-refractivity contribution is -0.148. The second-order valence-electron chi connectivity index (χ2n) is 11.7. The van der Waals surface area contributed by atoms with Crippen LogP contribution in [0.25, 0.3) is 0 Å². The number of rotatable bonds is 1. The fourth-order valence-corrected chi connectivity index (χ4v) is 8.52. The lowest BCUT2D eigenvalue weighted by atomic mass is 9.48. The molecule has 0 radical (unpaired) electrons. The molecular weight excluding hydrogens is 382 g/mol. The van der Waals surface area contributed by atoms with Gasteiger partial charge in [0, 0.05) is 24.5 Å². The topological polar surface area (TPSA) is 39.2 Å². The molecular formula is C28H37NO2. The molecule has 0 aromatic carbocycles. The Bertz CT molecular complexity index is 964. The van der Waals surface area contributed by atoms with Gasteiger partial charge in [0.25, 0.3) is 0 Å². The highest BCUT2D eigenvalue weighted by molar-refractivity contribution is 5.66. The molecule has 0 unspecified atom stereocenters. The van der Waals surface area contributed by atoms with E-state index in [-0.39, 0.29) is 17.5 Å². The van der Waals surface area contributed by atoms with Crippen molar-refractivity contribution in [3.8, 4) is 0 Å². The van der Waals surface area contributed by atoms with Crippen LogP contribution in [-0.4, -0.2) is 17.1 Å². The Labute approximate surface area is 187 Å². The minimum Gasteiger partial charge on any atom is -0.462 e. The molecule has 0 spiro atoms. The van der Waals surface area contributed by atoms with Crippen molar-refractivity contribution in [3.63, 3.8) is 0 Å². The van der Waals surface area contributed by atoms with Gasteiger partial charge in [-0.25, -0.2) is 0 Å². The number of esters is 1. The second kappa shape index (κ2) is 6.93. The van der Waals surface area contributed by atoms with Gasteiger partial charge >= 0.3 is 5.97 Å². The van der Waals surface area contributed by atoms with Crippen LogP contribution in [0.15, 0.2) is 17.7 Å². The Kier molecular flexibility index (Phi) is 4.47. The maximum Gasteiger partial charge on any atom is 0.302 e. The zero-order chi connectivity index (χ0) is 21.4. The Morgan fingerprint density at radius 3 is 2.68 bits per heavy atom. The molecule has 0 aliphatic heterocycles. The summed E-state index contributed by atoms with van der Waals surface area (Å²) in [6, 6.07) is 2.56. The molecule has 5 aliphatic carbocycles. The number of hydrogen-bond acceptors (Lipinski definition) is 3. The second-order valence-corrected chi connectivity index (χ2v) is 11.7. The quantitative estimate of drug-likeness (QED) is 0.422. The van der Waals surface area contributed by atoms with Gasteiger partial charge in [0.2, 0.25) is 0 Å². The maximum absolute atomic E-state index is 11.5. The van der Waals surface area contributed by atoms with Crippen molar-refractivity contribution in [1.82, 2.24) is 4.98 Å². The normalized spacial score (nSPS) is 40.5. The average Bonchev–Trinajstić information content (AvgIpc) is 3.04. The van der Waals surface area contributed by atoms with Crippen LogP contribution in [0.5, 0.6) is 0 Å². The fourth-order valence-electron chi connectivity index (χ4n) is 8.52. The molecule has 3 nitrogen and oxygen atoms in total. The van der Waals surface area contributed by atoms with Gasteiger partial charge in [-0.3, -0.25) is 9.78 Å². The number of allylic oxidation sites excluding steroid dienone is 1. The average molecular weight is 420 g/mol. The molecule has 6 rings (SSSR count). The predicted molar refractivity (Wildman–Crippen MR) is 122 cm³/mol. The van der Waals surface area contributed by atoms with E-state index in [1.807, 2.05) is 0 Å². The predicted octanol–water partition coefficient (Wildman–Crippen LogP) is 5.87. The molecule has 0 saturated heterocycles. The first-order valence-corrected chi connectivity index (χ1v) is 12.8. The van der Waals surface area contributed by atoms with Gasteiger partial charge in [0.1, 0.15) is 6.10 Å². The van der Waals surface area contributed by atoms with Crippen LogP contribution in [0.2, 0.25) is 0 Å². The van der Waals surface area contributed by atoms with E-state index in [9.17, 15) is 4.79 Å². The number of nitrogens with zero attached hydrogens (tertiary/aromatic N) is 1. The van der Waals surface area contributed by atoms with Crippen molar-refractivity contribution in [2.45, 2.75) is 103 Å².